The number of aromatic nitrogens is 2. The van der Waals surface area contributed by atoms with Crippen LogP contribution in [0.15, 0.2) is 42.7 Å². The van der Waals surface area contributed by atoms with E-state index >= 15 is 0 Å². The number of benzene rings is 1. The monoisotopic (exact) mass is 347 g/mol. The second-order valence-corrected chi connectivity index (χ2v) is 5.35. The number of carboxylic acids is 1. The molecular weight excluding hydrogens is 326 g/mol. The Labute approximate surface area is 145 Å². The Bertz CT molecular complexity index is 701. The maximum atomic E-state index is 11.9. The molecule has 0 aliphatic carbocycles. The molecular formula is C17H21N3O5. The molecule has 0 saturated carbocycles. The number of aliphatic carboxylic acids is 1. The van der Waals surface area contributed by atoms with Crippen molar-refractivity contribution < 1.29 is 24.2 Å². The second-order valence-electron chi connectivity index (χ2n) is 5.35. The minimum atomic E-state index is -1.20. The van der Waals surface area contributed by atoms with Crippen LogP contribution in [0.4, 0.5) is 4.79 Å². The summed E-state index contributed by atoms with van der Waals surface area (Å²) in [5, 5.41) is 15.8. The van der Waals surface area contributed by atoms with E-state index in [1.54, 1.807) is 13.1 Å². The van der Waals surface area contributed by atoms with E-state index in [9.17, 15) is 14.7 Å². The van der Waals surface area contributed by atoms with Gasteiger partial charge in [0.15, 0.2) is 11.8 Å². The smallest absolute Gasteiger partial charge is 0.408 e. The highest BCUT2D eigenvalue weighted by Gasteiger charge is 2.29. The molecule has 2 atom stereocenters. The summed E-state index contributed by atoms with van der Waals surface area (Å²) in [4.78, 5) is 23.4. The average Bonchev–Trinajstić information content (AvgIpc) is 3.07. The lowest BCUT2D eigenvalue weighted by molar-refractivity contribution is -0.140. The van der Waals surface area contributed by atoms with Gasteiger partial charge in [0.2, 0.25) is 0 Å². The fourth-order valence-electron chi connectivity index (χ4n) is 2.22. The summed E-state index contributed by atoms with van der Waals surface area (Å²) in [6, 6.07) is 7.30. The van der Waals surface area contributed by atoms with Crippen molar-refractivity contribution in [3.8, 4) is 5.75 Å². The van der Waals surface area contributed by atoms with Crippen molar-refractivity contribution >= 4 is 12.1 Å². The van der Waals surface area contributed by atoms with Crippen LogP contribution in [0.5, 0.6) is 5.75 Å². The van der Waals surface area contributed by atoms with Crippen molar-refractivity contribution in [1.82, 2.24) is 15.1 Å². The van der Waals surface area contributed by atoms with E-state index in [0.29, 0.717) is 12.4 Å². The Morgan fingerprint density at radius 3 is 2.68 bits per heavy atom. The van der Waals surface area contributed by atoms with Gasteiger partial charge in [-0.3, -0.25) is 4.68 Å². The number of alkyl carbamates (subject to hydrolysis) is 1. The zero-order chi connectivity index (χ0) is 18.2. The van der Waals surface area contributed by atoms with E-state index in [1.165, 1.54) is 10.9 Å². The van der Waals surface area contributed by atoms with Crippen LogP contribution < -0.4 is 10.1 Å². The summed E-state index contributed by atoms with van der Waals surface area (Å²) in [5.41, 5.74) is 0.811. The number of carbonyl (C=O) groups excluding carboxylic acids is 1. The molecule has 8 nitrogen and oxygen atoms in total. The Balaban J connectivity index is 1.96. The van der Waals surface area contributed by atoms with Gasteiger partial charge in [-0.2, -0.15) is 5.10 Å². The molecule has 25 heavy (non-hydrogen) atoms. The molecule has 134 valence electrons. The molecule has 8 heteroatoms. The lowest BCUT2D eigenvalue weighted by Gasteiger charge is -2.21. The van der Waals surface area contributed by atoms with Crippen molar-refractivity contribution in [3.63, 3.8) is 0 Å². The van der Waals surface area contributed by atoms with E-state index < -0.39 is 24.1 Å². The van der Waals surface area contributed by atoms with Gasteiger partial charge in [-0.25, -0.2) is 9.59 Å². The van der Waals surface area contributed by atoms with Gasteiger partial charge in [0.05, 0.1) is 25.0 Å². The number of nitrogens with one attached hydrogen (secondary N) is 1. The number of amides is 1. The third-order valence-corrected chi connectivity index (χ3v) is 3.54. The highest BCUT2D eigenvalue weighted by molar-refractivity contribution is 5.80. The van der Waals surface area contributed by atoms with Gasteiger partial charge in [0, 0.05) is 0 Å². The molecule has 1 aromatic heterocycles. The molecule has 2 unspecified atom stereocenters. The van der Waals surface area contributed by atoms with Crippen LogP contribution in [0, 0.1) is 0 Å². The third kappa shape index (κ3) is 5.23. The predicted molar refractivity (Wildman–Crippen MR) is 89.3 cm³/mol. The number of ether oxygens (including phenoxy) is 2. The molecule has 0 saturated heterocycles. The van der Waals surface area contributed by atoms with Crippen LogP contribution in [0.1, 0.15) is 25.5 Å². The minimum absolute atomic E-state index is 0.0592. The fraction of sp³-hybridized carbons (Fsp3) is 0.353. The van der Waals surface area contributed by atoms with E-state index in [1.807, 2.05) is 37.3 Å². The lowest BCUT2D eigenvalue weighted by atomic mass is 10.1. The lowest BCUT2D eigenvalue weighted by Crippen LogP contribution is -2.46. The number of hydrogen-bond donors (Lipinski definition) is 2. The van der Waals surface area contributed by atoms with Gasteiger partial charge >= 0.3 is 12.1 Å². The standard InChI is InChI=1S/C17H21N3O5/c1-3-24-14-9-18-20(10-14)12(2)15(16(21)22)19-17(23)25-11-13-7-5-4-6-8-13/h4-10,12,15H,3,11H2,1-2H3,(H,19,23)(H,21,22). The summed E-state index contributed by atoms with van der Waals surface area (Å²) in [6.45, 7) is 4.01. The SMILES string of the molecule is CCOc1cnn(C(C)C(NC(=O)OCc2ccccc2)C(=O)O)c1. The van der Waals surface area contributed by atoms with Crippen molar-refractivity contribution in [2.75, 3.05) is 6.61 Å². The summed E-state index contributed by atoms with van der Waals surface area (Å²) in [7, 11) is 0. The van der Waals surface area contributed by atoms with Crippen LogP contribution in [-0.2, 0) is 16.1 Å². The summed E-state index contributed by atoms with van der Waals surface area (Å²) in [6.07, 6.45) is 2.27. The fourth-order valence-corrected chi connectivity index (χ4v) is 2.22. The first-order valence-corrected chi connectivity index (χ1v) is 7.88. The molecule has 0 radical (unpaired) electrons. The van der Waals surface area contributed by atoms with Crippen LogP contribution in [-0.4, -0.2) is 39.6 Å². The molecule has 0 bridgehead atoms. The Morgan fingerprint density at radius 1 is 1.32 bits per heavy atom. The number of rotatable bonds is 8. The molecule has 2 aromatic rings. The van der Waals surface area contributed by atoms with E-state index in [0.717, 1.165) is 5.56 Å². The zero-order valence-corrected chi connectivity index (χ0v) is 14.1. The largest absolute Gasteiger partial charge is 0.491 e. The Hall–Kier alpha value is -3.03. The highest BCUT2D eigenvalue weighted by Crippen LogP contribution is 2.16. The molecule has 0 fully saturated rings. The predicted octanol–water partition coefficient (Wildman–Crippen LogP) is 2.22. The molecule has 1 heterocycles. The van der Waals surface area contributed by atoms with Gasteiger partial charge < -0.3 is 19.9 Å². The van der Waals surface area contributed by atoms with Gasteiger partial charge in [0.25, 0.3) is 0 Å². The van der Waals surface area contributed by atoms with Gasteiger partial charge in [0.1, 0.15) is 6.61 Å². The third-order valence-electron chi connectivity index (χ3n) is 3.54. The number of carbonyl (C=O) groups is 2. The number of nitrogens with zero attached hydrogens (tertiary/aromatic N) is 2. The molecule has 1 aromatic carbocycles. The Kier molecular flexibility index (Phi) is 6.39. The van der Waals surface area contributed by atoms with E-state index in [4.69, 9.17) is 9.47 Å². The maximum Gasteiger partial charge on any atom is 0.408 e. The van der Waals surface area contributed by atoms with E-state index in [2.05, 4.69) is 10.4 Å². The van der Waals surface area contributed by atoms with Gasteiger partial charge in [-0.15, -0.1) is 0 Å². The number of hydrogen-bond acceptors (Lipinski definition) is 5. The molecule has 0 aliphatic rings. The zero-order valence-electron chi connectivity index (χ0n) is 14.1. The summed E-state index contributed by atoms with van der Waals surface area (Å²) < 4.78 is 11.8. The normalized spacial score (nSPS) is 12.9. The quantitative estimate of drug-likeness (QED) is 0.759. The molecule has 0 aliphatic heterocycles. The summed E-state index contributed by atoms with van der Waals surface area (Å²) >= 11 is 0. The minimum Gasteiger partial charge on any atom is -0.491 e. The first-order chi connectivity index (χ1) is 12.0. The van der Waals surface area contributed by atoms with Gasteiger partial charge in [-0.05, 0) is 19.4 Å². The second kappa shape index (κ2) is 8.72. The number of carboxylic acid groups (broad SMARTS) is 1. The molecule has 2 rings (SSSR count). The van der Waals surface area contributed by atoms with Crippen molar-refractivity contribution in [2.24, 2.45) is 0 Å². The van der Waals surface area contributed by atoms with Crippen molar-refractivity contribution in [2.45, 2.75) is 32.5 Å². The van der Waals surface area contributed by atoms with E-state index in [-0.39, 0.29) is 6.61 Å². The van der Waals surface area contributed by atoms with Crippen LogP contribution in [0.25, 0.3) is 0 Å². The molecule has 0 spiro atoms. The van der Waals surface area contributed by atoms with Crippen LogP contribution in [0.3, 0.4) is 0 Å². The first kappa shape index (κ1) is 18.3. The van der Waals surface area contributed by atoms with Crippen molar-refractivity contribution in [3.05, 3.63) is 48.3 Å². The molecule has 1 amide bonds. The van der Waals surface area contributed by atoms with Crippen LogP contribution in [0.2, 0.25) is 0 Å². The summed E-state index contributed by atoms with van der Waals surface area (Å²) in [5.74, 6) is -0.650. The highest BCUT2D eigenvalue weighted by atomic mass is 16.5. The maximum absolute atomic E-state index is 11.9. The Morgan fingerprint density at radius 2 is 2.04 bits per heavy atom. The van der Waals surface area contributed by atoms with Crippen molar-refractivity contribution in [1.29, 1.82) is 0 Å². The first-order valence-electron chi connectivity index (χ1n) is 7.88. The topological polar surface area (TPSA) is 103 Å². The van der Waals surface area contributed by atoms with Gasteiger partial charge in [-0.1, -0.05) is 30.3 Å². The molecule has 2 N–H and O–H groups in total. The van der Waals surface area contributed by atoms with Crippen LogP contribution >= 0.6 is 0 Å². The average molecular weight is 347 g/mol.